The summed E-state index contributed by atoms with van der Waals surface area (Å²) in [7, 11) is -2.15. The summed E-state index contributed by atoms with van der Waals surface area (Å²) in [6, 6.07) is 21.8. The van der Waals surface area contributed by atoms with E-state index in [0.717, 1.165) is 22.4 Å². The highest BCUT2D eigenvalue weighted by atomic mass is 32.2. The summed E-state index contributed by atoms with van der Waals surface area (Å²) < 4.78 is 34.7. The number of rotatable bonds is 6. The number of methoxy groups -OCH3 is 1. The topological polar surface area (TPSA) is 86.1 Å². The normalized spacial score (nSPS) is 11.3. The van der Waals surface area contributed by atoms with E-state index in [4.69, 9.17) is 4.74 Å². The van der Waals surface area contributed by atoms with Crippen molar-refractivity contribution in [2.75, 3.05) is 11.8 Å². The highest BCUT2D eigenvalue weighted by molar-refractivity contribution is 7.92. The predicted molar refractivity (Wildman–Crippen MR) is 120 cm³/mol. The molecule has 0 bridgehead atoms. The van der Waals surface area contributed by atoms with Crippen LogP contribution in [0.15, 0.2) is 77.7 Å². The molecule has 1 N–H and O–H groups in total. The first-order valence-corrected chi connectivity index (χ1v) is 11.1. The summed E-state index contributed by atoms with van der Waals surface area (Å²) >= 11 is 0. The molecule has 0 unspecified atom stereocenters. The number of hydrogen-bond donors (Lipinski definition) is 1. The lowest BCUT2D eigenvalue weighted by Gasteiger charge is -2.10. The molecule has 4 aromatic rings. The summed E-state index contributed by atoms with van der Waals surface area (Å²) in [6.07, 6.45) is 0. The molecule has 158 valence electrons. The molecule has 4 rings (SSSR count). The molecule has 0 aliphatic rings. The van der Waals surface area contributed by atoms with Crippen molar-refractivity contribution in [1.29, 1.82) is 0 Å². The number of nitrogens with one attached hydrogen (secondary N) is 1. The van der Waals surface area contributed by atoms with Crippen molar-refractivity contribution in [1.82, 2.24) is 14.8 Å². The Labute approximate surface area is 181 Å². The van der Waals surface area contributed by atoms with E-state index in [0.29, 0.717) is 11.5 Å². The van der Waals surface area contributed by atoms with Gasteiger partial charge in [-0.1, -0.05) is 47.5 Å². The number of aromatic nitrogens is 3. The zero-order valence-corrected chi connectivity index (χ0v) is 18.2. The van der Waals surface area contributed by atoms with Gasteiger partial charge in [0.15, 0.2) is 5.82 Å². The minimum absolute atomic E-state index is 0.213. The fourth-order valence-electron chi connectivity index (χ4n) is 3.05. The van der Waals surface area contributed by atoms with Gasteiger partial charge in [0.25, 0.3) is 10.0 Å². The van der Waals surface area contributed by atoms with Gasteiger partial charge in [-0.15, -0.1) is 5.10 Å². The Bertz CT molecular complexity index is 1290. The molecule has 3 aromatic carbocycles. The zero-order chi connectivity index (χ0) is 22.0. The molecule has 1 heterocycles. The first kappa shape index (κ1) is 20.6. The Morgan fingerprint density at radius 1 is 0.839 bits per heavy atom. The van der Waals surface area contributed by atoms with Crippen molar-refractivity contribution in [3.63, 3.8) is 0 Å². The van der Waals surface area contributed by atoms with E-state index in [2.05, 4.69) is 14.8 Å². The molecule has 0 atom stereocenters. The van der Waals surface area contributed by atoms with Gasteiger partial charge in [-0.3, -0.25) is 4.72 Å². The lowest BCUT2D eigenvalue weighted by Crippen LogP contribution is -2.13. The summed E-state index contributed by atoms with van der Waals surface area (Å²) in [4.78, 5) is 4.66. The Kier molecular flexibility index (Phi) is 5.48. The van der Waals surface area contributed by atoms with Crippen molar-refractivity contribution in [2.24, 2.45) is 0 Å². The third-order valence-corrected chi connectivity index (χ3v) is 6.17. The lowest BCUT2D eigenvalue weighted by atomic mass is 10.1. The van der Waals surface area contributed by atoms with Gasteiger partial charge in [0, 0.05) is 11.3 Å². The van der Waals surface area contributed by atoms with E-state index < -0.39 is 10.0 Å². The molecule has 0 radical (unpaired) electrons. The molecular weight excluding hydrogens is 412 g/mol. The molecular formula is C23H22N4O3S. The van der Waals surface area contributed by atoms with Gasteiger partial charge in [-0.2, -0.15) is 4.98 Å². The quantitative estimate of drug-likeness (QED) is 0.487. The minimum atomic E-state index is -3.67. The van der Waals surface area contributed by atoms with Gasteiger partial charge < -0.3 is 4.74 Å². The van der Waals surface area contributed by atoms with Crippen molar-refractivity contribution in [2.45, 2.75) is 18.7 Å². The average Bonchev–Trinajstić information content (AvgIpc) is 3.19. The molecule has 8 heteroatoms. The van der Waals surface area contributed by atoms with E-state index in [-0.39, 0.29) is 10.9 Å². The number of sulfonamides is 1. The lowest BCUT2D eigenvalue weighted by molar-refractivity contribution is 0.380. The molecule has 7 nitrogen and oxygen atoms in total. The fourth-order valence-corrected chi connectivity index (χ4v) is 4.11. The number of anilines is 1. The van der Waals surface area contributed by atoms with Crippen LogP contribution in [0.1, 0.15) is 11.1 Å². The summed E-state index contributed by atoms with van der Waals surface area (Å²) in [5.74, 6) is 0.629. The van der Waals surface area contributed by atoms with E-state index in [1.165, 1.54) is 7.11 Å². The maximum Gasteiger partial charge on any atom is 0.336 e. The van der Waals surface area contributed by atoms with Crippen LogP contribution in [0.3, 0.4) is 0 Å². The average molecular weight is 435 g/mol. The van der Waals surface area contributed by atoms with E-state index in [1.54, 1.807) is 53.2 Å². The van der Waals surface area contributed by atoms with Gasteiger partial charge in [-0.25, -0.2) is 13.1 Å². The highest BCUT2D eigenvalue weighted by Gasteiger charge is 2.16. The number of hydrogen-bond acceptors (Lipinski definition) is 5. The fraction of sp³-hybridized carbons (Fsp3) is 0.130. The SMILES string of the molecule is COc1nc(-c2ccc(C)cc2)n(-c2ccc(NS(=O)(=O)c3ccc(C)cc3)cc2)n1. The third-order valence-electron chi connectivity index (χ3n) is 4.78. The summed E-state index contributed by atoms with van der Waals surface area (Å²) in [6.45, 7) is 3.93. The van der Waals surface area contributed by atoms with Crippen molar-refractivity contribution >= 4 is 15.7 Å². The molecule has 0 saturated heterocycles. The molecule has 31 heavy (non-hydrogen) atoms. The predicted octanol–water partition coefficient (Wildman–Crippen LogP) is 4.36. The van der Waals surface area contributed by atoms with Crippen LogP contribution in [0.5, 0.6) is 6.01 Å². The second kappa shape index (κ2) is 8.23. The largest absolute Gasteiger partial charge is 0.466 e. The monoisotopic (exact) mass is 434 g/mol. The molecule has 0 fully saturated rings. The van der Waals surface area contributed by atoms with Crippen LogP contribution < -0.4 is 9.46 Å². The first-order chi connectivity index (χ1) is 14.9. The standard InChI is InChI=1S/C23H22N4O3S/c1-16-4-8-18(9-5-16)22-24-23(30-3)25-27(22)20-12-10-19(11-13-20)26-31(28,29)21-14-6-17(2)7-15-21/h4-15,26H,1-3H3. The molecule has 0 saturated carbocycles. The van der Waals surface area contributed by atoms with Gasteiger partial charge >= 0.3 is 6.01 Å². The smallest absolute Gasteiger partial charge is 0.336 e. The zero-order valence-electron chi connectivity index (χ0n) is 17.4. The molecule has 0 aliphatic carbocycles. The van der Waals surface area contributed by atoms with Gasteiger partial charge in [0.1, 0.15) is 0 Å². The van der Waals surface area contributed by atoms with E-state index >= 15 is 0 Å². The van der Waals surface area contributed by atoms with E-state index in [9.17, 15) is 8.42 Å². The van der Waals surface area contributed by atoms with Gasteiger partial charge in [0.05, 0.1) is 17.7 Å². The molecule has 0 amide bonds. The Hall–Kier alpha value is -3.65. The van der Waals surface area contributed by atoms with Crippen LogP contribution in [-0.2, 0) is 10.0 Å². The van der Waals surface area contributed by atoms with Crippen LogP contribution in [0.4, 0.5) is 5.69 Å². The first-order valence-electron chi connectivity index (χ1n) is 9.64. The summed E-state index contributed by atoms with van der Waals surface area (Å²) in [5.41, 5.74) is 4.21. The number of nitrogens with zero attached hydrogens (tertiary/aromatic N) is 3. The Balaban J connectivity index is 1.63. The molecule has 1 aromatic heterocycles. The van der Waals surface area contributed by atoms with Crippen LogP contribution in [-0.4, -0.2) is 30.3 Å². The second-order valence-corrected chi connectivity index (χ2v) is 8.85. The summed E-state index contributed by atoms with van der Waals surface area (Å²) in [5, 5.41) is 4.40. The van der Waals surface area contributed by atoms with Gasteiger partial charge in [-0.05, 0) is 50.2 Å². The van der Waals surface area contributed by atoms with Crippen molar-refractivity contribution < 1.29 is 13.2 Å². The molecule has 0 aliphatic heterocycles. The second-order valence-electron chi connectivity index (χ2n) is 7.17. The van der Waals surface area contributed by atoms with Crippen LogP contribution in [0, 0.1) is 13.8 Å². The number of aryl methyl sites for hydroxylation is 2. The highest BCUT2D eigenvalue weighted by Crippen LogP contribution is 2.25. The third kappa shape index (κ3) is 4.44. The van der Waals surface area contributed by atoms with Crippen LogP contribution in [0.25, 0.3) is 17.1 Å². The number of ether oxygens (including phenoxy) is 1. The van der Waals surface area contributed by atoms with Crippen LogP contribution in [0.2, 0.25) is 0 Å². The van der Waals surface area contributed by atoms with E-state index in [1.807, 2.05) is 38.1 Å². The Morgan fingerprint density at radius 3 is 2.00 bits per heavy atom. The maximum absolute atomic E-state index is 12.6. The number of benzene rings is 3. The molecule has 0 spiro atoms. The van der Waals surface area contributed by atoms with Crippen molar-refractivity contribution in [3.8, 4) is 23.1 Å². The maximum atomic E-state index is 12.6. The Morgan fingerprint density at radius 2 is 1.42 bits per heavy atom. The minimum Gasteiger partial charge on any atom is -0.466 e. The van der Waals surface area contributed by atoms with Crippen molar-refractivity contribution in [3.05, 3.63) is 83.9 Å². The van der Waals surface area contributed by atoms with Crippen LogP contribution >= 0.6 is 0 Å². The van der Waals surface area contributed by atoms with Gasteiger partial charge in [0.2, 0.25) is 0 Å².